The van der Waals surface area contributed by atoms with Gasteiger partial charge in [0.1, 0.15) is 16.9 Å². The standard InChI is InChI=1S/C22H14Cl2FN3O4/c23-15-10-28(32)11-16(24)20(15)26-22(31)21(30)14-9-27(8-12-4-6-13(25)7-5-12)17-2-1-3-18(29)19(14)17/h1-7,9-11,29,32H,8H2. The van der Waals surface area contributed by atoms with Crippen LogP contribution >= 0.6 is 23.2 Å². The van der Waals surface area contributed by atoms with Crippen LogP contribution < -0.4 is 5.36 Å². The number of aromatic hydroxyl groups is 1. The molecule has 2 aromatic heterocycles. The predicted molar refractivity (Wildman–Crippen MR) is 116 cm³/mol. The van der Waals surface area contributed by atoms with Gasteiger partial charge in [-0.05, 0) is 29.8 Å². The molecule has 162 valence electrons. The summed E-state index contributed by atoms with van der Waals surface area (Å²) in [5.41, 5.74) is 1.19. The predicted octanol–water partition coefficient (Wildman–Crippen LogP) is 4.19. The van der Waals surface area contributed by atoms with Gasteiger partial charge in [0.2, 0.25) is 0 Å². The van der Waals surface area contributed by atoms with Crippen LogP contribution in [0.3, 0.4) is 0 Å². The van der Waals surface area contributed by atoms with Crippen LogP contribution in [0, 0.1) is 5.82 Å². The lowest BCUT2D eigenvalue weighted by molar-refractivity contribution is -0.114. The van der Waals surface area contributed by atoms with Gasteiger partial charge in [-0.3, -0.25) is 9.59 Å². The first-order chi connectivity index (χ1) is 15.2. The summed E-state index contributed by atoms with van der Waals surface area (Å²) in [6.07, 6.45) is 3.55. The second kappa shape index (κ2) is 8.49. The maximum Gasteiger partial charge on any atom is 0.318 e. The van der Waals surface area contributed by atoms with Crippen molar-refractivity contribution in [2.45, 2.75) is 6.54 Å². The van der Waals surface area contributed by atoms with E-state index in [9.17, 15) is 24.3 Å². The number of carbonyl (C=O) groups excluding carboxylic acids is 2. The molecule has 0 saturated heterocycles. The van der Waals surface area contributed by atoms with Gasteiger partial charge in [0.15, 0.2) is 0 Å². The Labute approximate surface area is 190 Å². The SMILES string of the molecule is O=C(N=c1c(Cl)cn(O)cc1Cl)C(=O)c1cn(Cc2ccc(F)cc2)c2cccc(O)c12. The molecule has 2 heterocycles. The molecule has 32 heavy (non-hydrogen) atoms. The Kier molecular flexibility index (Phi) is 5.73. The summed E-state index contributed by atoms with van der Waals surface area (Å²) in [5.74, 6) is -2.71. The zero-order valence-corrected chi connectivity index (χ0v) is 17.7. The van der Waals surface area contributed by atoms with E-state index in [-0.39, 0.29) is 44.5 Å². The average molecular weight is 474 g/mol. The Morgan fingerprint density at radius 1 is 1.00 bits per heavy atom. The van der Waals surface area contributed by atoms with Crippen LogP contribution in [0.1, 0.15) is 15.9 Å². The van der Waals surface area contributed by atoms with E-state index < -0.39 is 11.7 Å². The van der Waals surface area contributed by atoms with Gasteiger partial charge in [-0.15, -0.1) is 0 Å². The molecule has 2 N–H and O–H groups in total. The van der Waals surface area contributed by atoms with E-state index in [1.54, 1.807) is 28.8 Å². The normalized spacial score (nSPS) is 11.0. The number of aromatic nitrogens is 2. The highest BCUT2D eigenvalue weighted by molar-refractivity contribution is 6.45. The first-order valence-corrected chi connectivity index (χ1v) is 9.95. The molecule has 1 amide bonds. The van der Waals surface area contributed by atoms with E-state index >= 15 is 0 Å². The highest BCUT2D eigenvalue weighted by Crippen LogP contribution is 2.31. The van der Waals surface area contributed by atoms with E-state index in [1.807, 2.05) is 0 Å². The Morgan fingerprint density at radius 2 is 1.66 bits per heavy atom. The summed E-state index contributed by atoms with van der Waals surface area (Å²) in [4.78, 5) is 29.3. The van der Waals surface area contributed by atoms with Crippen molar-refractivity contribution in [3.63, 3.8) is 0 Å². The number of phenolic OH excluding ortho intramolecular Hbond substituents is 1. The molecule has 0 aliphatic heterocycles. The van der Waals surface area contributed by atoms with Crippen LogP contribution in [0.5, 0.6) is 5.75 Å². The number of halogens is 3. The van der Waals surface area contributed by atoms with Gasteiger partial charge in [0.25, 0.3) is 5.78 Å². The largest absolute Gasteiger partial charge is 0.507 e. The zero-order valence-electron chi connectivity index (χ0n) is 16.2. The smallest absolute Gasteiger partial charge is 0.318 e. The molecule has 4 aromatic rings. The summed E-state index contributed by atoms with van der Waals surface area (Å²) >= 11 is 11.9. The van der Waals surface area contributed by atoms with Gasteiger partial charge in [0.05, 0.1) is 38.9 Å². The van der Waals surface area contributed by atoms with Crippen LogP contribution in [0.25, 0.3) is 10.9 Å². The molecule has 0 saturated carbocycles. The third-order valence-corrected chi connectivity index (χ3v) is 5.30. The molecule has 0 unspecified atom stereocenters. The monoisotopic (exact) mass is 473 g/mol. The second-order valence-electron chi connectivity index (χ2n) is 6.90. The molecule has 0 atom stereocenters. The third kappa shape index (κ3) is 4.10. The van der Waals surface area contributed by atoms with E-state index in [1.165, 1.54) is 24.4 Å². The van der Waals surface area contributed by atoms with E-state index in [4.69, 9.17) is 23.2 Å². The van der Waals surface area contributed by atoms with Crippen molar-refractivity contribution in [1.29, 1.82) is 0 Å². The van der Waals surface area contributed by atoms with E-state index in [2.05, 4.69) is 4.99 Å². The number of amides is 1. The van der Waals surface area contributed by atoms with Gasteiger partial charge in [-0.2, -0.15) is 4.73 Å². The Hall–Kier alpha value is -3.62. The molecular formula is C22H14Cl2FN3O4. The molecule has 0 fully saturated rings. The van der Waals surface area contributed by atoms with Gasteiger partial charge in [-0.25, -0.2) is 9.38 Å². The van der Waals surface area contributed by atoms with E-state index in [0.29, 0.717) is 10.2 Å². The Balaban J connectivity index is 1.79. The minimum absolute atomic E-state index is 0.0608. The van der Waals surface area contributed by atoms with Crippen molar-refractivity contribution < 1.29 is 24.3 Å². The summed E-state index contributed by atoms with van der Waals surface area (Å²) in [5, 5.41) is 19.5. The molecule has 0 radical (unpaired) electrons. The number of hydrogen-bond acceptors (Lipinski definition) is 4. The Bertz CT molecular complexity index is 1420. The van der Waals surface area contributed by atoms with Crippen LogP contribution in [-0.2, 0) is 11.3 Å². The van der Waals surface area contributed by atoms with Crippen LogP contribution in [-0.4, -0.2) is 31.3 Å². The van der Waals surface area contributed by atoms with Crippen molar-refractivity contribution >= 4 is 45.8 Å². The van der Waals surface area contributed by atoms with Crippen LogP contribution in [0.4, 0.5) is 4.39 Å². The highest BCUT2D eigenvalue weighted by atomic mass is 35.5. The number of rotatable bonds is 4. The molecule has 7 nitrogen and oxygen atoms in total. The lowest BCUT2D eigenvalue weighted by Crippen LogP contribution is -2.18. The number of phenols is 1. The molecule has 0 aliphatic carbocycles. The molecule has 0 spiro atoms. The molecule has 2 aromatic carbocycles. The summed E-state index contributed by atoms with van der Waals surface area (Å²) in [7, 11) is 0. The van der Waals surface area contributed by atoms with Crippen molar-refractivity contribution in [1.82, 2.24) is 9.30 Å². The first-order valence-electron chi connectivity index (χ1n) is 9.20. The number of ketones is 1. The maximum atomic E-state index is 13.2. The van der Waals surface area contributed by atoms with Crippen molar-refractivity contribution in [3.05, 3.63) is 93.4 Å². The van der Waals surface area contributed by atoms with Crippen molar-refractivity contribution in [3.8, 4) is 5.75 Å². The van der Waals surface area contributed by atoms with Gasteiger partial charge in [0, 0.05) is 12.7 Å². The zero-order chi connectivity index (χ0) is 23.0. The second-order valence-corrected chi connectivity index (χ2v) is 7.71. The summed E-state index contributed by atoms with van der Waals surface area (Å²) in [6.45, 7) is 0.270. The lowest BCUT2D eigenvalue weighted by atomic mass is 10.1. The maximum absolute atomic E-state index is 13.2. The molecule has 0 bridgehead atoms. The van der Waals surface area contributed by atoms with Crippen LogP contribution in [0.2, 0.25) is 10.0 Å². The summed E-state index contributed by atoms with van der Waals surface area (Å²) in [6, 6.07) is 10.5. The average Bonchev–Trinajstić information content (AvgIpc) is 3.11. The number of Topliss-reactive ketones (excluding diaryl/α,β-unsaturated/α-hetero) is 1. The number of benzene rings is 2. The first kappa shape index (κ1) is 21.6. The van der Waals surface area contributed by atoms with Gasteiger partial charge < -0.3 is 14.9 Å². The van der Waals surface area contributed by atoms with Crippen LogP contribution in [0.15, 0.2) is 66.0 Å². The lowest BCUT2D eigenvalue weighted by Gasteiger charge is -2.05. The number of fused-ring (bicyclic) bond motifs is 1. The minimum atomic E-state index is -1.16. The Morgan fingerprint density at radius 3 is 2.31 bits per heavy atom. The number of nitrogens with zero attached hydrogens (tertiary/aromatic N) is 3. The fraction of sp³-hybridized carbons (Fsp3) is 0.0455. The molecule has 4 rings (SSSR count). The summed E-state index contributed by atoms with van der Waals surface area (Å²) < 4.78 is 15.5. The minimum Gasteiger partial charge on any atom is -0.507 e. The fourth-order valence-electron chi connectivity index (χ4n) is 3.30. The number of hydrogen-bond donors (Lipinski definition) is 2. The third-order valence-electron chi connectivity index (χ3n) is 4.75. The molecule has 10 heteroatoms. The highest BCUT2D eigenvalue weighted by Gasteiger charge is 2.24. The fourth-order valence-corrected chi connectivity index (χ4v) is 3.84. The molecular weight excluding hydrogens is 460 g/mol. The van der Waals surface area contributed by atoms with E-state index in [0.717, 1.165) is 18.0 Å². The number of carbonyl (C=O) groups is 2. The van der Waals surface area contributed by atoms with Gasteiger partial charge >= 0.3 is 5.91 Å². The van der Waals surface area contributed by atoms with Crippen molar-refractivity contribution in [2.24, 2.45) is 4.99 Å². The molecule has 0 aliphatic rings. The topological polar surface area (TPSA) is 96.8 Å². The van der Waals surface area contributed by atoms with Gasteiger partial charge in [-0.1, -0.05) is 41.4 Å². The number of pyridine rings is 1. The van der Waals surface area contributed by atoms with Crippen molar-refractivity contribution in [2.75, 3.05) is 0 Å². The quantitative estimate of drug-likeness (QED) is 0.263.